The molecule has 1 aromatic heterocycles. The fourth-order valence-electron chi connectivity index (χ4n) is 1.98. The maximum Gasteiger partial charge on any atom is 0.269 e. The molecule has 1 heterocycles. The highest BCUT2D eigenvalue weighted by Gasteiger charge is 2.11. The van der Waals surface area contributed by atoms with Gasteiger partial charge in [-0.25, -0.2) is 0 Å². The molecule has 0 radical (unpaired) electrons. The Hall–Kier alpha value is -1.88. The molecular formula is C13H14ClN3O2. The van der Waals surface area contributed by atoms with Gasteiger partial charge in [0.05, 0.1) is 23.0 Å². The van der Waals surface area contributed by atoms with Gasteiger partial charge in [-0.3, -0.25) is 14.8 Å². The molecule has 0 aliphatic heterocycles. The van der Waals surface area contributed by atoms with Crippen molar-refractivity contribution in [1.82, 2.24) is 9.78 Å². The zero-order chi connectivity index (χ0) is 14.0. The fraction of sp³-hybridized carbons (Fsp3) is 0.308. The molecule has 2 aromatic rings. The minimum Gasteiger partial charge on any atom is -0.265 e. The van der Waals surface area contributed by atoms with Crippen LogP contribution in [0.2, 0.25) is 0 Å². The highest BCUT2D eigenvalue weighted by Crippen LogP contribution is 2.18. The zero-order valence-corrected chi connectivity index (χ0v) is 11.5. The van der Waals surface area contributed by atoms with E-state index < -0.39 is 4.92 Å². The maximum absolute atomic E-state index is 10.6. The monoisotopic (exact) mass is 279 g/mol. The second kappa shape index (κ2) is 5.40. The lowest BCUT2D eigenvalue weighted by Crippen LogP contribution is -2.04. The summed E-state index contributed by atoms with van der Waals surface area (Å²) in [6, 6.07) is 6.50. The molecule has 19 heavy (non-hydrogen) atoms. The van der Waals surface area contributed by atoms with Crippen LogP contribution < -0.4 is 0 Å². The highest BCUT2D eigenvalue weighted by atomic mass is 35.5. The van der Waals surface area contributed by atoms with E-state index in [2.05, 4.69) is 5.10 Å². The van der Waals surface area contributed by atoms with Crippen molar-refractivity contribution >= 4 is 17.3 Å². The highest BCUT2D eigenvalue weighted by molar-refractivity contribution is 6.17. The Morgan fingerprint density at radius 3 is 2.42 bits per heavy atom. The molecule has 1 aromatic carbocycles. The largest absolute Gasteiger partial charge is 0.269 e. The van der Waals surface area contributed by atoms with Crippen molar-refractivity contribution in [2.24, 2.45) is 0 Å². The number of nitro groups is 1. The van der Waals surface area contributed by atoms with Gasteiger partial charge in [0.1, 0.15) is 0 Å². The number of alkyl halides is 1. The van der Waals surface area contributed by atoms with Crippen molar-refractivity contribution in [2.45, 2.75) is 26.3 Å². The third-order valence-corrected chi connectivity index (χ3v) is 3.41. The number of aryl methyl sites for hydroxylation is 1. The van der Waals surface area contributed by atoms with E-state index in [0.717, 1.165) is 22.5 Å². The standard InChI is InChI=1S/C13H14ClN3O2/c1-9-13(7-14)10(2)16(15-9)8-11-3-5-12(6-4-11)17(18)19/h3-6H,7-8H2,1-2H3. The number of aromatic nitrogens is 2. The molecule has 0 aliphatic rings. The molecule has 0 bridgehead atoms. The predicted molar refractivity (Wildman–Crippen MR) is 73.5 cm³/mol. The van der Waals surface area contributed by atoms with E-state index in [9.17, 15) is 10.1 Å². The Kier molecular flexibility index (Phi) is 3.85. The number of non-ortho nitro benzene ring substituents is 1. The molecule has 5 nitrogen and oxygen atoms in total. The Morgan fingerprint density at radius 1 is 1.32 bits per heavy atom. The van der Waals surface area contributed by atoms with Crippen LogP contribution in [-0.2, 0) is 12.4 Å². The van der Waals surface area contributed by atoms with Crippen LogP contribution in [0.4, 0.5) is 5.69 Å². The van der Waals surface area contributed by atoms with Gasteiger partial charge in [0.25, 0.3) is 5.69 Å². The molecule has 100 valence electrons. The summed E-state index contributed by atoms with van der Waals surface area (Å²) in [5.74, 6) is 0.442. The minimum absolute atomic E-state index is 0.0959. The average Bonchev–Trinajstić information content (AvgIpc) is 2.64. The van der Waals surface area contributed by atoms with Crippen LogP contribution in [0.1, 0.15) is 22.5 Å². The van der Waals surface area contributed by atoms with E-state index in [1.165, 1.54) is 12.1 Å². The normalized spacial score (nSPS) is 10.7. The third-order valence-electron chi connectivity index (χ3n) is 3.14. The van der Waals surface area contributed by atoms with E-state index in [0.29, 0.717) is 12.4 Å². The van der Waals surface area contributed by atoms with Gasteiger partial charge in [-0.05, 0) is 19.4 Å². The zero-order valence-electron chi connectivity index (χ0n) is 10.8. The summed E-state index contributed by atoms with van der Waals surface area (Å²) in [6.45, 7) is 4.49. The Morgan fingerprint density at radius 2 is 1.95 bits per heavy atom. The summed E-state index contributed by atoms with van der Waals surface area (Å²) >= 11 is 5.88. The first-order valence-corrected chi connectivity index (χ1v) is 6.38. The summed E-state index contributed by atoms with van der Waals surface area (Å²) < 4.78 is 1.87. The first kappa shape index (κ1) is 13.5. The molecule has 0 spiro atoms. The quantitative estimate of drug-likeness (QED) is 0.490. The van der Waals surface area contributed by atoms with E-state index in [4.69, 9.17) is 11.6 Å². The number of rotatable bonds is 4. The van der Waals surface area contributed by atoms with Gasteiger partial charge in [0.2, 0.25) is 0 Å². The maximum atomic E-state index is 10.6. The average molecular weight is 280 g/mol. The Labute approximate surface area is 116 Å². The van der Waals surface area contributed by atoms with Crippen LogP contribution in [-0.4, -0.2) is 14.7 Å². The van der Waals surface area contributed by atoms with Gasteiger partial charge in [0.15, 0.2) is 0 Å². The number of benzene rings is 1. The van der Waals surface area contributed by atoms with Gasteiger partial charge in [0, 0.05) is 23.4 Å². The SMILES string of the molecule is Cc1nn(Cc2ccc([N+](=O)[O-])cc2)c(C)c1CCl. The molecule has 0 atom stereocenters. The summed E-state index contributed by atoms with van der Waals surface area (Å²) in [5, 5.41) is 15.0. The molecule has 0 fully saturated rings. The summed E-state index contributed by atoms with van der Waals surface area (Å²) in [5.41, 5.74) is 4.07. The molecule has 0 saturated carbocycles. The summed E-state index contributed by atoms with van der Waals surface area (Å²) in [6.07, 6.45) is 0. The lowest BCUT2D eigenvalue weighted by molar-refractivity contribution is -0.384. The Balaban J connectivity index is 2.24. The number of nitro benzene ring substituents is 1. The molecule has 0 saturated heterocycles. The number of hydrogen-bond acceptors (Lipinski definition) is 3. The number of hydrogen-bond donors (Lipinski definition) is 0. The molecule has 0 aliphatic carbocycles. The van der Waals surface area contributed by atoms with Gasteiger partial charge < -0.3 is 0 Å². The van der Waals surface area contributed by atoms with Crippen molar-refractivity contribution in [3.8, 4) is 0 Å². The molecule has 6 heteroatoms. The summed E-state index contributed by atoms with van der Waals surface area (Å²) in [7, 11) is 0. The van der Waals surface area contributed by atoms with E-state index >= 15 is 0 Å². The van der Waals surface area contributed by atoms with E-state index in [-0.39, 0.29) is 5.69 Å². The lowest BCUT2D eigenvalue weighted by atomic mass is 10.2. The first-order valence-electron chi connectivity index (χ1n) is 5.85. The van der Waals surface area contributed by atoms with Crippen molar-refractivity contribution < 1.29 is 4.92 Å². The predicted octanol–water partition coefficient (Wildman–Crippen LogP) is 3.20. The number of halogens is 1. The smallest absolute Gasteiger partial charge is 0.265 e. The first-order chi connectivity index (χ1) is 9.02. The Bertz CT molecular complexity index is 605. The number of nitrogens with zero attached hydrogens (tertiary/aromatic N) is 3. The van der Waals surface area contributed by atoms with E-state index in [1.54, 1.807) is 12.1 Å². The minimum atomic E-state index is -0.404. The molecular weight excluding hydrogens is 266 g/mol. The van der Waals surface area contributed by atoms with Crippen LogP contribution in [0.25, 0.3) is 0 Å². The van der Waals surface area contributed by atoms with Crippen LogP contribution >= 0.6 is 11.6 Å². The van der Waals surface area contributed by atoms with E-state index in [1.807, 2.05) is 18.5 Å². The van der Waals surface area contributed by atoms with Crippen molar-refractivity contribution in [3.05, 3.63) is 56.9 Å². The second-order valence-corrected chi connectivity index (χ2v) is 4.63. The van der Waals surface area contributed by atoms with Crippen molar-refractivity contribution in [1.29, 1.82) is 0 Å². The van der Waals surface area contributed by atoms with Crippen molar-refractivity contribution in [2.75, 3.05) is 0 Å². The van der Waals surface area contributed by atoms with Crippen LogP contribution in [0.15, 0.2) is 24.3 Å². The van der Waals surface area contributed by atoms with Gasteiger partial charge in [-0.2, -0.15) is 5.10 Å². The van der Waals surface area contributed by atoms with Gasteiger partial charge in [-0.15, -0.1) is 11.6 Å². The van der Waals surface area contributed by atoms with Crippen molar-refractivity contribution in [3.63, 3.8) is 0 Å². The second-order valence-electron chi connectivity index (χ2n) is 4.36. The lowest BCUT2D eigenvalue weighted by Gasteiger charge is -2.05. The molecule has 0 amide bonds. The third kappa shape index (κ3) is 2.76. The van der Waals surface area contributed by atoms with Gasteiger partial charge in [-0.1, -0.05) is 12.1 Å². The van der Waals surface area contributed by atoms with Crippen LogP contribution in [0, 0.1) is 24.0 Å². The topological polar surface area (TPSA) is 61.0 Å². The molecule has 2 rings (SSSR count). The van der Waals surface area contributed by atoms with Crippen LogP contribution in [0.3, 0.4) is 0 Å². The molecule has 0 unspecified atom stereocenters. The summed E-state index contributed by atoms with van der Waals surface area (Å²) in [4.78, 5) is 10.2. The molecule has 0 N–H and O–H groups in total. The van der Waals surface area contributed by atoms with Gasteiger partial charge >= 0.3 is 0 Å². The van der Waals surface area contributed by atoms with Crippen LogP contribution in [0.5, 0.6) is 0 Å². The fourth-order valence-corrected chi connectivity index (χ4v) is 2.36.